The summed E-state index contributed by atoms with van der Waals surface area (Å²) in [7, 11) is -3.90. The minimum atomic E-state index is -2.01. The minimum absolute atomic E-state index is 0.0384. The molecule has 8 heteroatoms. The molecular weight excluding hydrogens is 462 g/mol. The van der Waals surface area contributed by atoms with Crippen molar-refractivity contribution in [2.45, 2.75) is 130 Å². The Labute approximate surface area is 212 Å². The molecule has 0 saturated carbocycles. The number of aliphatic hydroxyl groups is 1. The zero-order chi connectivity index (χ0) is 26.9. The van der Waals surface area contributed by atoms with Gasteiger partial charge in [-0.2, -0.15) is 0 Å². The van der Waals surface area contributed by atoms with Crippen LogP contribution in [0, 0.1) is 11.8 Å². The topological polar surface area (TPSA) is 68.2 Å². The molecule has 1 aliphatic heterocycles. The van der Waals surface area contributed by atoms with Gasteiger partial charge in [0.05, 0.1) is 18.8 Å². The van der Waals surface area contributed by atoms with Gasteiger partial charge in [-0.05, 0) is 76.3 Å². The summed E-state index contributed by atoms with van der Waals surface area (Å²) in [5.41, 5.74) is -0.578. The van der Waals surface area contributed by atoms with Gasteiger partial charge in [-0.25, -0.2) is 4.79 Å². The lowest BCUT2D eigenvalue weighted by atomic mass is 9.85. The molecule has 1 heterocycles. The van der Waals surface area contributed by atoms with Crippen molar-refractivity contribution in [1.82, 2.24) is 4.90 Å². The number of amides is 1. The molecular formula is C26H55NO5Si2. The van der Waals surface area contributed by atoms with Crippen molar-refractivity contribution in [3.8, 4) is 0 Å². The van der Waals surface area contributed by atoms with Crippen LogP contribution in [-0.4, -0.2) is 70.2 Å². The van der Waals surface area contributed by atoms with Gasteiger partial charge in [-0.3, -0.25) is 0 Å². The number of rotatable bonds is 8. The second-order valence-corrected chi connectivity index (χ2v) is 23.9. The molecule has 1 fully saturated rings. The summed E-state index contributed by atoms with van der Waals surface area (Å²) in [5.74, 6) is 0.0469. The lowest BCUT2D eigenvalue weighted by Crippen LogP contribution is -2.48. The first kappa shape index (κ1) is 31.6. The molecule has 0 aromatic heterocycles. The van der Waals surface area contributed by atoms with Crippen molar-refractivity contribution in [3.63, 3.8) is 0 Å². The van der Waals surface area contributed by atoms with Crippen LogP contribution in [0.25, 0.3) is 0 Å². The zero-order valence-electron chi connectivity index (χ0n) is 24.7. The van der Waals surface area contributed by atoms with E-state index in [1.54, 1.807) is 0 Å². The second-order valence-electron chi connectivity index (χ2n) is 14.2. The number of hydrogen-bond donors (Lipinski definition) is 1. The van der Waals surface area contributed by atoms with Crippen LogP contribution in [0.1, 0.15) is 75.7 Å². The molecule has 1 amide bonds. The maximum Gasteiger partial charge on any atom is 0.410 e. The van der Waals surface area contributed by atoms with Gasteiger partial charge in [0.15, 0.2) is 16.6 Å². The van der Waals surface area contributed by atoms with Gasteiger partial charge in [0.1, 0.15) is 5.60 Å². The summed E-state index contributed by atoms with van der Waals surface area (Å²) in [6.07, 6.45) is -0.0668. The number of likely N-dealkylation sites (tertiary alicyclic amines) is 1. The normalized spacial score (nSPS) is 23.9. The number of hydrogen-bond acceptors (Lipinski definition) is 5. The van der Waals surface area contributed by atoms with Crippen molar-refractivity contribution >= 4 is 22.7 Å². The molecule has 0 radical (unpaired) electrons. The molecule has 0 aromatic carbocycles. The SMILES string of the molecule is CC(O)[C@H]1CN(C(=O)OC(C)(C)C)[C@H](CO[Si](C)(C)C(C)(C)C)[C@H]1CCO[Si](C)(C)C(C)(C)C. The van der Waals surface area contributed by atoms with Crippen LogP contribution >= 0.6 is 0 Å². The van der Waals surface area contributed by atoms with Crippen molar-refractivity contribution in [1.29, 1.82) is 0 Å². The van der Waals surface area contributed by atoms with Crippen LogP contribution in [0.5, 0.6) is 0 Å². The van der Waals surface area contributed by atoms with Gasteiger partial charge < -0.3 is 23.6 Å². The van der Waals surface area contributed by atoms with Crippen LogP contribution in [0.2, 0.25) is 36.3 Å². The number of nitrogens with zero attached hydrogens (tertiary/aromatic N) is 1. The minimum Gasteiger partial charge on any atom is -0.444 e. The molecule has 1 saturated heterocycles. The fourth-order valence-corrected chi connectivity index (χ4v) is 5.93. The predicted molar refractivity (Wildman–Crippen MR) is 146 cm³/mol. The van der Waals surface area contributed by atoms with E-state index in [1.807, 2.05) is 32.6 Å². The molecule has 0 spiro atoms. The Morgan fingerprint density at radius 1 is 0.941 bits per heavy atom. The van der Waals surface area contributed by atoms with E-state index in [9.17, 15) is 9.90 Å². The molecule has 0 aliphatic carbocycles. The lowest BCUT2D eigenvalue weighted by molar-refractivity contribution is 0.0145. The molecule has 202 valence electrons. The fraction of sp³-hybridized carbons (Fsp3) is 0.962. The molecule has 1 N–H and O–H groups in total. The van der Waals surface area contributed by atoms with Gasteiger partial charge >= 0.3 is 6.09 Å². The van der Waals surface area contributed by atoms with Gasteiger partial charge in [0.2, 0.25) is 0 Å². The highest BCUT2D eigenvalue weighted by atomic mass is 28.4. The standard InChI is InChI=1S/C26H55NO5Si2/c1-19(28)21-17-27(23(29)32-24(2,3)4)22(18-31-34(13,14)26(8,9)10)20(21)15-16-30-33(11,12)25(5,6)7/h19-22,28H,15-18H2,1-14H3/t19?,20-,21+,22+/m0/s1. The van der Waals surface area contributed by atoms with Crippen molar-refractivity contribution in [2.75, 3.05) is 19.8 Å². The smallest absolute Gasteiger partial charge is 0.410 e. The quantitative estimate of drug-likeness (QED) is 0.365. The highest BCUT2D eigenvalue weighted by molar-refractivity contribution is 6.74. The van der Waals surface area contributed by atoms with E-state index in [1.165, 1.54) is 0 Å². The van der Waals surface area contributed by atoms with Crippen LogP contribution in [0.4, 0.5) is 4.79 Å². The Kier molecular flexibility index (Phi) is 10.1. The van der Waals surface area contributed by atoms with Crippen LogP contribution in [0.3, 0.4) is 0 Å². The third kappa shape index (κ3) is 8.32. The average molecular weight is 518 g/mol. The van der Waals surface area contributed by atoms with Gasteiger partial charge in [0, 0.05) is 19.1 Å². The Morgan fingerprint density at radius 3 is 1.82 bits per heavy atom. The first-order chi connectivity index (χ1) is 15.0. The molecule has 0 aromatic rings. The molecule has 1 unspecified atom stereocenters. The Morgan fingerprint density at radius 2 is 1.41 bits per heavy atom. The molecule has 1 aliphatic rings. The average Bonchev–Trinajstić information content (AvgIpc) is 2.95. The van der Waals surface area contributed by atoms with Gasteiger partial charge in [-0.15, -0.1) is 0 Å². The Bertz CT molecular complexity index is 674. The molecule has 6 nitrogen and oxygen atoms in total. The summed E-state index contributed by atoms with van der Waals surface area (Å²) < 4.78 is 18.9. The molecule has 34 heavy (non-hydrogen) atoms. The summed E-state index contributed by atoms with van der Waals surface area (Å²) in [6, 6.07) is -0.147. The maximum atomic E-state index is 13.2. The third-order valence-electron chi connectivity index (χ3n) is 8.24. The second kappa shape index (κ2) is 10.9. The van der Waals surface area contributed by atoms with E-state index in [2.05, 4.69) is 67.7 Å². The molecule has 1 rings (SSSR count). The molecule has 4 atom stereocenters. The first-order valence-corrected chi connectivity index (χ1v) is 18.8. The van der Waals surface area contributed by atoms with E-state index in [0.29, 0.717) is 19.8 Å². The van der Waals surface area contributed by atoms with Gasteiger partial charge in [0.25, 0.3) is 0 Å². The lowest BCUT2D eigenvalue weighted by Gasteiger charge is -2.39. The number of aliphatic hydroxyl groups excluding tert-OH is 1. The predicted octanol–water partition coefficient (Wildman–Crippen LogP) is 6.65. The number of carbonyl (C=O) groups is 1. The Balaban J connectivity index is 3.19. The van der Waals surface area contributed by atoms with E-state index in [0.717, 1.165) is 6.42 Å². The van der Waals surface area contributed by atoms with E-state index < -0.39 is 28.3 Å². The number of ether oxygens (including phenoxy) is 1. The maximum absolute atomic E-state index is 13.2. The first-order valence-electron chi connectivity index (χ1n) is 13.0. The Hall–Kier alpha value is -0.416. The number of carbonyl (C=O) groups excluding carboxylic acids is 1. The summed E-state index contributed by atoms with van der Waals surface area (Å²) in [4.78, 5) is 15.0. The monoisotopic (exact) mass is 517 g/mol. The summed E-state index contributed by atoms with van der Waals surface area (Å²) in [6.45, 7) is 31.5. The molecule has 0 bridgehead atoms. The third-order valence-corrected chi connectivity index (χ3v) is 17.3. The van der Waals surface area contributed by atoms with Crippen LogP contribution in [-0.2, 0) is 13.6 Å². The zero-order valence-corrected chi connectivity index (χ0v) is 26.7. The summed E-state index contributed by atoms with van der Waals surface area (Å²) >= 11 is 0. The van der Waals surface area contributed by atoms with Crippen molar-refractivity contribution in [2.24, 2.45) is 11.8 Å². The van der Waals surface area contributed by atoms with E-state index in [4.69, 9.17) is 13.6 Å². The van der Waals surface area contributed by atoms with E-state index in [-0.39, 0.29) is 34.0 Å². The van der Waals surface area contributed by atoms with E-state index >= 15 is 0 Å². The van der Waals surface area contributed by atoms with Crippen molar-refractivity contribution < 1.29 is 23.5 Å². The largest absolute Gasteiger partial charge is 0.444 e. The highest BCUT2D eigenvalue weighted by Gasteiger charge is 2.48. The van der Waals surface area contributed by atoms with Crippen LogP contribution < -0.4 is 0 Å². The van der Waals surface area contributed by atoms with Gasteiger partial charge in [-0.1, -0.05) is 41.5 Å². The summed E-state index contributed by atoms with van der Waals surface area (Å²) in [5, 5.41) is 10.9. The van der Waals surface area contributed by atoms with Crippen LogP contribution in [0.15, 0.2) is 0 Å². The fourth-order valence-electron chi connectivity index (χ4n) is 3.85. The van der Waals surface area contributed by atoms with Crippen molar-refractivity contribution in [3.05, 3.63) is 0 Å². The highest BCUT2D eigenvalue weighted by Crippen LogP contribution is 2.41.